The second kappa shape index (κ2) is 9.78. The van der Waals surface area contributed by atoms with Gasteiger partial charge in [0, 0.05) is 23.6 Å². The van der Waals surface area contributed by atoms with Crippen LogP contribution >= 0.6 is 11.6 Å². The van der Waals surface area contributed by atoms with Crippen LogP contribution in [0.15, 0.2) is 88.0 Å². The Labute approximate surface area is 253 Å². The SMILES string of the molecule is Cn1c(=O)n2n(c1=O)[C@@H]1C[C@H]3C(=O)N(Nc4ccc(F)cc4)C(=O)[C@@]3(c3ccc(Cl)cc3)[C@@H](c3cccc(F)c3O)C1=CC2. The van der Waals surface area contributed by atoms with E-state index >= 15 is 4.39 Å². The molecule has 1 aromatic heterocycles. The number of carbonyl (C=O) groups excluding carboxylic acids is 2. The van der Waals surface area contributed by atoms with Gasteiger partial charge in [-0.3, -0.25) is 15.0 Å². The summed E-state index contributed by atoms with van der Waals surface area (Å²) in [4.78, 5) is 55.5. The number of imide groups is 1. The standard InChI is InChI=1S/C31H24ClF2N5O5/c1-36-29(43)37-14-13-20-24(39(37)30(36)44)15-22-27(41)38(35-19-11-9-18(33)10-12-19)28(42)31(22,16-5-7-17(32)8-6-16)25(20)21-3-2-4-23(34)26(21)40/h2-13,22,24-25,35,40H,14-15H2,1H3/t22-,24+,25+,31+/m0/s1. The number of hydrazine groups is 1. The molecule has 2 amide bonds. The van der Waals surface area contributed by atoms with Crippen molar-refractivity contribution in [3.63, 3.8) is 0 Å². The molecule has 4 aromatic rings. The third kappa shape index (κ3) is 3.70. The number of nitrogens with one attached hydrogen (secondary N) is 1. The van der Waals surface area contributed by atoms with Gasteiger partial charge in [-0.15, -0.1) is 0 Å². The second-order valence-electron chi connectivity index (χ2n) is 11.1. The summed E-state index contributed by atoms with van der Waals surface area (Å²) in [5.74, 6) is -5.83. The summed E-state index contributed by atoms with van der Waals surface area (Å²) in [6.07, 6.45) is 1.62. The summed E-state index contributed by atoms with van der Waals surface area (Å²) >= 11 is 6.23. The first kappa shape index (κ1) is 27.8. The largest absolute Gasteiger partial charge is 0.505 e. The maximum absolute atomic E-state index is 15.0. The monoisotopic (exact) mass is 619 g/mol. The van der Waals surface area contributed by atoms with E-state index in [4.69, 9.17) is 11.6 Å². The van der Waals surface area contributed by atoms with Gasteiger partial charge in [-0.1, -0.05) is 41.9 Å². The van der Waals surface area contributed by atoms with E-state index < -0.39 is 63.9 Å². The van der Waals surface area contributed by atoms with Crippen molar-refractivity contribution >= 4 is 29.1 Å². The van der Waals surface area contributed by atoms with E-state index in [9.17, 15) is 28.7 Å². The smallest absolute Gasteiger partial charge is 0.347 e. The van der Waals surface area contributed by atoms with Gasteiger partial charge in [0.2, 0.25) is 0 Å². The molecule has 2 aliphatic heterocycles. The number of amides is 2. The number of aromatic hydroxyl groups is 1. The van der Waals surface area contributed by atoms with Gasteiger partial charge in [0.15, 0.2) is 11.6 Å². The highest BCUT2D eigenvalue weighted by molar-refractivity contribution is 6.30. The molecule has 0 bridgehead atoms. The molecule has 3 aromatic carbocycles. The minimum Gasteiger partial charge on any atom is -0.505 e. The van der Waals surface area contributed by atoms with Gasteiger partial charge >= 0.3 is 11.4 Å². The normalized spacial score (nSPS) is 24.0. The number of rotatable bonds is 4. The molecule has 0 unspecified atom stereocenters. The summed E-state index contributed by atoms with van der Waals surface area (Å²) in [6.45, 7) is -0.0334. The van der Waals surface area contributed by atoms with E-state index in [0.717, 1.165) is 15.6 Å². The molecular weight excluding hydrogens is 596 g/mol. The van der Waals surface area contributed by atoms with Crippen molar-refractivity contribution in [2.75, 3.05) is 5.43 Å². The second-order valence-corrected chi connectivity index (χ2v) is 11.6. The molecule has 7 rings (SSSR count). The first-order valence-corrected chi connectivity index (χ1v) is 14.2. The van der Waals surface area contributed by atoms with Crippen LogP contribution in [0.25, 0.3) is 0 Å². The summed E-state index contributed by atoms with van der Waals surface area (Å²) in [5.41, 5.74) is 1.02. The molecule has 2 fully saturated rings. The molecule has 44 heavy (non-hydrogen) atoms. The Kier molecular flexibility index (Phi) is 6.19. The average Bonchev–Trinajstić information content (AvgIpc) is 3.36. The van der Waals surface area contributed by atoms with Crippen LogP contribution in [0.1, 0.15) is 29.5 Å². The number of hydrogen-bond acceptors (Lipinski definition) is 6. The number of phenolic OH excluding ortho intramolecular Hbond substituents is 1. The number of phenols is 1. The summed E-state index contributed by atoms with van der Waals surface area (Å²) < 4.78 is 32.2. The lowest BCUT2D eigenvalue weighted by Crippen LogP contribution is -2.53. The van der Waals surface area contributed by atoms with Crippen LogP contribution in [-0.4, -0.2) is 35.9 Å². The molecule has 0 radical (unpaired) electrons. The van der Waals surface area contributed by atoms with Gasteiger partial charge in [0.05, 0.1) is 29.6 Å². The molecule has 10 nitrogen and oxygen atoms in total. The molecule has 224 valence electrons. The Morgan fingerprint density at radius 1 is 0.955 bits per heavy atom. The summed E-state index contributed by atoms with van der Waals surface area (Å²) in [7, 11) is 1.35. The van der Waals surface area contributed by atoms with Crippen LogP contribution in [0.4, 0.5) is 14.5 Å². The third-order valence-electron chi connectivity index (χ3n) is 9.04. The molecule has 0 spiro atoms. The van der Waals surface area contributed by atoms with Gasteiger partial charge in [-0.2, -0.15) is 5.01 Å². The van der Waals surface area contributed by atoms with Crippen molar-refractivity contribution < 1.29 is 23.5 Å². The number of aromatic nitrogens is 3. The Morgan fingerprint density at radius 2 is 1.66 bits per heavy atom. The zero-order valence-corrected chi connectivity index (χ0v) is 23.8. The Morgan fingerprint density at radius 3 is 2.36 bits per heavy atom. The molecule has 13 heteroatoms. The van der Waals surface area contributed by atoms with Crippen LogP contribution in [0, 0.1) is 17.6 Å². The fourth-order valence-electron chi connectivity index (χ4n) is 7.14. The van der Waals surface area contributed by atoms with Crippen molar-refractivity contribution in [2.45, 2.75) is 30.3 Å². The van der Waals surface area contributed by atoms with E-state index in [-0.39, 0.29) is 24.2 Å². The van der Waals surface area contributed by atoms with E-state index in [1.54, 1.807) is 30.3 Å². The van der Waals surface area contributed by atoms with Crippen molar-refractivity contribution in [2.24, 2.45) is 13.0 Å². The van der Waals surface area contributed by atoms with Gasteiger partial charge in [-0.05, 0) is 60.0 Å². The summed E-state index contributed by atoms with van der Waals surface area (Å²) in [5, 5.41) is 12.4. The summed E-state index contributed by atoms with van der Waals surface area (Å²) in [6, 6.07) is 14.5. The number of carbonyl (C=O) groups is 2. The van der Waals surface area contributed by atoms with Crippen molar-refractivity contribution in [1.82, 2.24) is 18.9 Å². The lowest BCUT2D eigenvalue weighted by molar-refractivity contribution is -0.138. The van der Waals surface area contributed by atoms with Crippen molar-refractivity contribution in [3.8, 4) is 5.75 Å². The molecule has 3 aliphatic rings. The van der Waals surface area contributed by atoms with E-state index in [2.05, 4.69) is 5.43 Å². The molecule has 1 aliphatic carbocycles. The predicted octanol–water partition coefficient (Wildman–Crippen LogP) is 3.60. The molecule has 1 saturated carbocycles. The molecule has 2 N–H and O–H groups in total. The average molecular weight is 620 g/mol. The Hall–Kier alpha value is -4.97. The maximum atomic E-state index is 15.0. The van der Waals surface area contributed by atoms with Gasteiger partial charge in [0.1, 0.15) is 5.82 Å². The zero-order valence-electron chi connectivity index (χ0n) is 23.1. The highest BCUT2D eigenvalue weighted by Gasteiger charge is 2.69. The highest BCUT2D eigenvalue weighted by Crippen LogP contribution is 2.62. The maximum Gasteiger partial charge on any atom is 0.347 e. The number of nitrogens with zero attached hydrogens (tertiary/aromatic N) is 4. The van der Waals surface area contributed by atoms with E-state index in [1.165, 1.54) is 52.8 Å². The quantitative estimate of drug-likeness (QED) is 0.266. The minimum absolute atomic E-state index is 0.0328. The van der Waals surface area contributed by atoms with Crippen molar-refractivity contribution in [1.29, 1.82) is 0 Å². The fraction of sp³-hybridized carbons (Fsp3) is 0.226. The van der Waals surface area contributed by atoms with Crippen LogP contribution < -0.4 is 16.8 Å². The first-order chi connectivity index (χ1) is 21.0. The van der Waals surface area contributed by atoms with E-state index in [0.29, 0.717) is 16.2 Å². The van der Waals surface area contributed by atoms with Gasteiger partial charge < -0.3 is 5.11 Å². The van der Waals surface area contributed by atoms with Crippen molar-refractivity contribution in [3.05, 3.63) is 127 Å². The number of allylic oxidation sites excluding steroid dienone is 2. The number of halogens is 3. The number of hydrogen-bond donors (Lipinski definition) is 2. The Bertz CT molecular complexity index is 2020. The molecule has 3 heterocycles. The number of anilines is 1. The lowest BCUT2D eigenvalue weighted by atomic mass is 9.53. The predicted molar refractivity (Wildman–Crippen MR) is 155 cm³/mol. The molecular formula is C31H24ClF2N5O5. The Balaban J connectivity index is 1.52. The number of benzene rings is 3. The minimum atomic E-state index is -1.75. The van der Waals surface area contributed by atoms with Gasteiger partial charge in [0.25, 0.3) is 11.8 Å². The van der Waals surface area contributed by atoms with Crippen LogP contribution in [0.2, 0.25) is 5.02 Å². The third-order valence-corrected chi connectivity index (χ3v) is 9.29. The van der Waals surface area contributed by atoms with Crippen LogP contribution in [0.5, 0.6) is 5.75 Å². The zero-order chi connectivity index (χ0) is 31.1. The fourth-order valence-corrected chi connectivity index (χ4v) is 7.26. The topological polar surface area (TPSA) is 119 Å². The molecule has 4 atom stereocenters. The van der Waals surface area contributed by atoms with Crippen LogP contribution in [0.3, 0.4) is 0 Å². The first-order valence-electron chi connectivity index (χ1n) is 13.8. The van der Waals surface area contributed by atoms with Gasteiger partial charge in [-0.25, -0.2) is 32.3 Å². The molecule has 1 saturated heterocycles. The highest BCUT2D eigenvalue weighted by atomic mass is 35.5. The number of para-hydroxylation sites is 1. The lowest BCUT2D eigenvalue weighted by Gasteiger charge is -2.49. The van der Waals surface area contributed by atoms with Crippen LogP contribution in [-0.2, 0) is 28.6 Å². The number of fused-ring (bicyclic) bond motifs is 4. The van der Waals surface area contributed by atoms with E-state index in [1.807, 2.05) is 0 Å².